The second-order valence-corrected chi connectivity index (χ2v) is 6.28. The van der Waals surface area contributed by atoms with E-state index in [1.165, 1.54) is 25.7 Å². The number of carbonyl (C=O) groups is 1. The molecule has 0 aliphatic heterocycles. The van der Waals surface area contributed by atoms with Crippen molar-refractivity contribution in [1.29, 1.82) is 0 Å². The van der Waals surface area contributed by atoms with Crippen molar-refractivity contribution in [2.24, 2.45) is 29.6 Å². The maximum absolute atomic E-state index is 11.6. The molecule has 0 N–H and O–H groups in total. The van der Waals surface area contributed by atoms with Crippen molar-refractivity contribution in [1.82, 2.24) is 0 Å². The van der Waals surface area contributed by atoms with Gasteiger partial charge in [0.25, 0.3) is 0 Å². The molecule has 3 aliphatic rings. The lowest BCUT2D eigenvalue weighted by atomic mass is 9.80. The average Bonchev–Trinajstić information content (AvgIpc) is 2.87. The molecule has 16 heavy (non-hydrogen) atoms. The highest BCUT2D eigenvalue weighted by Crippen LogP contribution is 2.59. The Balaban J connectivity index is 1.66. The van der Waals surface area contributed by atoms with E-state index < -0.39 is 0 Å². The molecule has 0 amide bonds. The SMILES string of the molecule is CC(C)C(=O)OC1CC2CC1C1CCCC21. The fourth-order valence-corrected chi connectivity index (χ4v) is 4.43. The zero-order chi connectivity index (χ0) is 11.3. The maximum Gasteiger partial charge on any atom is 0.308 e. The van der Waals surface area contributed by atoms with Crippen LogP contribution in [0.2, 0.25) is 0 Å². The van der Waals surface area contributed by atoms with Gasteiger partial charge in [-0.2, -0.15) is 0 Å². The van der Waals surface area contributed by atoms with Gasteiger partial charge in [0, 0.05) is 0 Å². The van der Waals surface area contributed by atoms with Gasteiger partial charge in [0.05, 0.1) is 5.92 Å². The summed E-state index contributed by atoms with van der Waals surface area (Å²) < 4.78 is 5.68. The van der Waals surface area contributed by atoms with Crippen LogP contribution in [0, 0.1) is 29.6 Å². The van der Waals surface area contributed by atoms with Gasteiger partial charge in [-0.15, -0.1) is 0 Å². The fraction of sp³-hybridized carbons (Fsp3) is 0.929. The van der Waals surface area contributed by atoms with Crippen LogP contribution in [0.4, 0.5) is 0 Å². The summed E-state index contributed by atoms with van der Waals surface area (Å²) in [5.41, 5.74) is 0. The second-order valence-electron chi connectivity index (χ2n) is 6.28. The molecule has 3 rings (SSSR count). The van der Waals surface area contributed by atoms with E-state index in [0.717, 1.165) is 24.2 Å². The van der Waals surface area contributed by atoms with Gasteiger partial charge in [0.1, 0.15) is 6.10 Å². The third-order valence-corrected chi connectivity index (χ3v) is 5.11. The summed E-state index contributed by atoms with van der Waals surface area (Å²) in [5.74, 6) is 3.50. The van der Waals surface area contributed by atoms with Gasteiger partial charge < -0.3 is 4.74 Å². The predicted molar refractivity (Wildman–Crippen MR) is 61.8 cm³/mol. The first kappa shape index (κ1) is 10.6. The summed E-state index contributed by atoms with van der Waals surface area (Å²) in [6.45, 7) is 3.85. The maximum atomic E-state index is 11.6. The van der Waals surface area contributed by atoms with Crippen molar-refractivity contribution in [3.8, 4) is 0 Å². The van der Waals surface area contributed by atoms with E-state index in [2.05, 4.69) is 0 Å². The van der Waals surface area contributed by atoms with Crippen molar-refractivity contribution >= 4 is 5.97 Å². The minimum atomic E-state index is 0.00657. The standard InChI is InChI=1S/C14H22O2/c1-8(2)14(15)16-13-7-9-6-12(13)11-5-3-4-10(9)11/h8-13H,3-7H2,1-2H3. The molecular weight excluding hydrogens is 200 g/mol. The van der Waals surface area contributed by atoms with Gasteiger partial charge >= 0.3 is 5.97 Å². The molecule has 2 nitrogen and oxygen atoms in total. The molecule has 0 aromatic heterocycles. The smallest absolute Gasteiger partial charge is 0.308 e. The molecule has 0 aromatic carbocycles. The largest absolute Gasteiger partial charge is 0.462 e. The number of hydrogen-bond acceptors (Lipinski definition) is 2. The molecule has 0 aromatic rings. The van der Waals surface area contributed by atoms with E-state index in [0.29, 0.717) is 5.92 Å². The van der Waals surface area contributed by atoms with Crippen molar-refractivity contribution in [2.75, 3.05) is 0 Å². The first-order valence-electron chi connectivity index (χ1n) is 6.87. The zero-order valence-corrected chi connectivity index (χ0v) is 10.3. The van der Waals surface area contributed by atoms with Gasteiger partial charge in [-0.3, -0.25) is 4.79 Å². The van der Waals surface area contributed by atoms with Crippen LogP contribution in [-0.4, -0.2) is 12.1 Å². The van der Waals surface area contributed by atoms with Gasteiger partial charge in [-0.25, -0.2) is 0 Å². The van der Waals surface area contributed by atoms with E-state index in [9.17, 15) is 4.79 Å². The van der Waals surface area contributed by atoms with Crippen LogP contribution in [0.5, 0.6) is 0 Å². The van der Waals surface area contributed by atoms with Crippen LogP contribution in [0.15, 0.2) is 0 Å². The minimum absolute atomic E-state index is 0.00657. The Labute approximate surface area is 97.7 Å². The number of fused-ring (bicyclic) bond motifs is 5. The average molecular weight is 222 g/mol. The highest BCUT2D eigenvalue weighted by Gasteiger charge is 2.55. The lowest BCUT2D eigenvalue weighted by Crippen LogP contribution is -2.33. The molecule has 3 fully saturated rings. The van der Waals surface area contributed by atoms with Gasteiger partial charge in [-0.1, -0.05) is 20.3 Å². The highest BCUT2D eigenvalue weighted by atomic mass is 16.5. The molecule has 2 heteroatoms. The van der Waals surface area contributed by atoms with E-state index in [4.69, 9.17) is 4.74 Å². The van der Waals surface area contributed by atoms with Crippen LogP contribution >= 0.6 is 0 Å². The number of hydrogen-bond donors (Lipinski definition) is 0. The lowest BCUT2D eigenvalue weighted by Gasteiger charge is -2.31. The Morgan fingerprint density at radius 3 is 2.62 bits per heavy atom. The Kier molecular flexibility index (Phi) is 2.49. The molecule has 2 bridgehead atoms. The van der Waals surface area contributed by atoms with Gasteiger partial charge in [-0.05, 0) is 49.4 Å². The third kappa shape index (κ3) is 1.49. The van der Waals surface area contributed by atoms with E-state index >= 15 is 0 Å². The lowest BCUT2D eigenvalue weighted by molar-refractivity contribution is -0.156. The third-order valence-electron chi connectivity index (χ3n) is 5.11. The topological polar surface area (TPSA) is 26.3 Å². The van der Waals surface area contributed by atoms with Crippen LogP contribution in [0.1, 0.15) is 46.0 Å². The molecule has 0 spiro atoms. The van der Waals surface area contributed by atoms with E-state index in [1.807, 2.05) is 13.8 Å². The summed E-state index contributed by atoms with van der Waals surface area (Å²) in [6, 6.07) is 0. The molecule has 3 saturated carbocycles. The molecule has 3 aliphatic carbocycles. The summed E-state index contributed by atoms with van der Waals surface area (Å²) in [4.78, 5) is 11.6. The molecule has 90 valence electrons. The minimum Gasteiger partial charge on any atom is -0.462 e. The van der Waals surface area contributed by atoms with E-state index in [-0.39, 0.29) is 18.0 Å². The van der Waals surface area contributed by atoms with Gasteiger partial charge in [0.15, 0.2) is 0 Å². The Morgan fingerprint density at radius 1 is 1.12 bits per heavy atom. The number of carbonyl (C=O) groups excluding carboxylic acids is 1. The van der Waals surface area contributed by atoms with Crippen molar-refractivity contribution in [3.05, 3.63) is 0 Å². The van der Waals surface area contributed by atoms with Crippen molar-refractivity contribution in [2.45, 2.75) is 52.1 Å². The molecule has 0 saturated heterocycles. The van der Waals surface area contributed by atoms with Crippen molar-refractivity contribution < 1.29 is 9.53 Å². The molecule has 5 atom stereocenters. The predicted octanol–water partition coefficient (Wildman–Crippen LogP) is 3.01. The Hall–Kier alpha value is -0.530. The van der Waals surface area contributed by atoms with Crippen molar-refractivity contribution in [3.63, 3.8) is 0 Å². The molecule has 0 heterocycles. The Morgan fingerprint density at radius 2 is 1.88 bits per heavy atom. The van der Waals surface area contributed by atoms with Crippen LogP contribution < -0.4 is 0 Å². The van der Waals surface area contributed by atoms with Crippen LogP contribution in [-0.2, 0) is 9.53 Å². The van der Waals surface area contributed by atoms with Crippen LogP contribution in [0.3, 0.4) is 0 Å². The van der Waals surface area contributed by atoms with Gasteiger partial charge in [0.2, 0.25) is 0 Å². The number of ether oxygens (including phenoxy) is 1. The molecule has 0 radical (unpaired) electrons. The Bertz CT molecular complexity index is 297. The summed E-state index contributed by atoms with van der Waals surface area (Å²) in [7, 11) is 0. The second kappa shape index (κ2) is 3.75. The quantitative estimate of drug-likeness (QED) is 0.671. The van der Waals surface area contributed by atoms with Crippen LogP contribution in [0.25, 0.3) is 0 Å². The first-order chi connectivity index (χ1) is 7.66. The van der Waals surface area contributed by atoms with E-state index in [1.54, 1.807) is 0 Å². The zero-order valence-electron chi connectivity index (χ0n) is 10.3. The monoisotopic (exact) mass is 222 g/mol. The summed E-state index contributed by atoms with van der Waals surface area (Å²) in [6.07, 6.45) is 7.00. The summed E-state index contributed by atoms with van der Waals surface area (Å²) >= 11 is 0. The fourth-order valence-electron chi connectivity index (χ4n) is 4.43. The first-order valence-corrected chi connectivity index (χ1v) is 6.87. The highest BCUT2D eigenvalue weighted by molar-refractivity contribution is 5.71. The number of rotatable bonds is 2. The number of esters is 1. The summed E-state index contributed by atoms with van der Waals surface area (Å²) in [5, 5.41) is 0. The normalized spacial score (nSPS) is 45.1. The molecular formula is C14H22O2. The molecule has 5 unspecified atom stereocenters.